The van der Waals surface area contributed by atoms with Crippen molar-refractivity contribution >= 4 is 11.9 Å². The van der Waals surface area contributed by atoms with Crippen LogP contribution in [0.1, 0.15) is 35.1 Å². The number of aryl methyl sites for hydroxylation is 2. The maximum absolute atomic E-state index is 13.5. The predicted octanol–water partition coefficient (Wildman–Crippen LogP) is 3.86. The number of carbonyl (C=O) groups is 1. The van der Waals surface area contributed by atoms with Crippen LogP contribution in [0.4, 0.5) is 0 Å². The molecule has 2 heterocycles. The molecule has 1 aliphatic carbocycles. The summed E-state index contributed by atoms with van der Waals surface area (Å²) in [6, 6.07) is 16.2. The Bertz CT molecular complexity index is 1120. The number of nitrogens with zero attached hydrogens (tertiary/aromatic N) is 2. The van der Waals surface area contributed by atoms with Crippen molar-refractivity contribution in [3.63, 3.8) is 0 Å². The molecule has 0 saturated heterocycles. The van der Waals surface area contributed by atoms with Gasteiger partial charge in [-0.15, -0.1) is 0 Å². The number of nitrogens with two attached hydrogens (primary N) is 1. The number of guanidine groups is 1. The Morgan fingerprint density at radius 2 is 1.79 bits per heavy atom. The molecule has 5 nitrogen and oxygen atoms in total. The molecule has 5 heteroatoms. The Morgan fingerprint density at radius 3 is 2.52 bits per heavy atom. The lowest BCUT2D eigenvalue weighted by Crippen LogP contribution is -2.41. The molecule has 29 heavy (non-hydrogen) atoms. The SMILES string of the molecule is CN1C(=O)C(c2cccc(-c3ccoc3)c2)(c2ccc3c(c2)CCCC3)N=C1N. The van der Waals surface area contributed by atoms with Crippen LogP contribution in [0.5, 0.6) is 0 Å². The summed E-state index contributed by atoms with van der Waals surface area (Å²) in [6.07, 6.45) is 7.88. The maximum atomic E-state index is 13.5. The number of fused-ring (bicyclic) bond motifs is 1. The molecule has 2 N–H and O–H groups in total. The molecule has 0 fully saturated rings. The van der Waals surface area contributed by atoms with Crippen molar-refractivity contribution in [2.75, 3.05) is 7.05 Å². The number of rotatable bonds is 3. The topological polar surface area (TPSA) is 71.8 Å². The first-order valence-corrected chi connectivity index (χ1v) is 9.98. The van der Waals surface area contributed by atoms with Crippen molar-refractivity contribution in [2.45, 2.75) is 31.2 Å². The molecule has 0 saturated carbocycles. The second kappa shape index (κ2) is 6.62. The normalized spacial score (nSPS) is 21.2. The van der Waals surface area contributed by atoms with Gasteiger partial charge in [-0.25, -0.2) is 4.99 Å². The lowest BCUT2D eigenvalue weighted by Gasteiger charge is -2.28. The molecule has 1 aromatic heterocycles. The number of amides is 1. The predicted molar refractivity (Wildman–Crippen MR) is 112 cm³/mol. The fourth-order valence-electron chi connectivity index (χ4n) is 4.50. The van der Waals surface area contributed by atoms with Crippen LogP contribution in [-0.4, -0.2) is 23.8 Å². The minimum atomic E-state index is -1.16. The van der Waals surface area contributed by atoms with E-state index < -0.39 is 5.54 Å². The van der Waals surface area contributed by atoms with Gasteiger partial charge in [-0.3, -0.25) is 9.69 Å². The van der Waals surface area contributed by atoms with Gasteiger partial charge in [0.2, 0.25) is 0 Å². The monoisotopic (exact) mass is 385 g/mol. The molecule has 1 amide bonds. The van der Waals surface area contributed by atoms with E-state index in [1.54, 1.807) is 19.6 Å². The second-order valence-corrected chi connectivity index (χ2v) is 7.83. The molecule has 0 radical (unpaired) electrons. The number of benzene rings is 2. The summed E-state index contributed by atoms with van der Waals surface area (Å²) in [5, 5.41) is 0. The highest BCUT2D eigenvalue weighted by molar-refractivity contribution is 6.09. The average molecular weight is 385 g/mol. The zero-order valence-corrected chi connectivity index (χ0v) is 16.4. The van der Waals surface area contributed by atoms with Gasteiger partial charge >= 0.3 is 0 Å². The van der Waals surface area contributed by atoms with Crippen LogP contribution >= 0.6 is 0 Å². The molecule has 0 spiro atoms. The van der Waals surface area contributed by atoms with E-state index in [9.17, 15) is 4.79 Å². The molecule has 146 valence electrons. The summed E-state index contributed by atoms with van der Waals surface area (Å²) in [7, 11) is 1.68. The molecule has 3 aromatic rings. The first-order chi connectivity index (χ1) is 14.1. The van der Waals surface area contributed by atoms with Gasteiger partial charge in [0.05, 0.1) is 12.5 Å². The summed E-state index contributed by atoms with van der Waals surface area (Å²) in [5.74, 6) is 0.108. The van der Waals surface area contributed by atoms with Gasteiger partial charge in [-0.1, -0.05) is 36.4 Å². The molecule has 2 aliphatic rings. The van der Waals surface area contributed by atoms with Crippen LogP contribution in [0.2, 0.25) is 0 Å². The molecule has 5 rings (SSSR count). The summed E-state index contributed by atoms with van der Waals surface area (Å²) >= 11 is 0. The molecular formula is C24H23N3O2. The Labute approximate surface area is 169 Å². The number of hydrogen-bond acceptors (Lipinski definition) is 4. The summed E-state index contributed by atoms with van der Waals surface area (Å²) < 4.78 is 5.24. The molecule has 1 aliphatic heterocycles. The third-order valence-corrected chi connectivity index (χ3v) is 6.14. The lowest BCUT2D eigenvalue weighted by atomic mass is 9.79. The van der Waals surface area contributed by atoms with Gasteiger partial charge in [-0.2, -0.15) is 0 Å². The van der Waals surface area contributed by atoms with E-state index in [-0.39, 0.29) is 11.9 Å². The number of furan rings is 1. The Kier molecular flexibility index (Phi) is 4.05. The molecule has 0 bridgehead atoms. The summed E-state index contributed by atoms with van der Waals surface area (Å²) in [5.41, 5.74) is 11.3. The Hall–Kier alpha value is -3.34. The highest BCUT2D eigenvalue weighted by Gasteiger charge is 2.49. The summed E-state index contributed by atoms with van der Waals surface area (Å²) in [4.78, 5) is 19.7. The van der Waals surface area contributed by atoms with Crippen LogP contribution in [0.25, 0.3) is 11.1 Å². The largest absolute Gasteiger partial charge is 0.472 e. The van der Waals surface area contributed by atoms with Gasteiger partial charge in [0.1, 0.15) is 0 Å². The molecular weight excluding hydrogens is 362 g/mol. The fourth-order valence-corrected chi connectivity index (χ4v) is 4.50. The first-order valence-electron chi connectivity index (χ1n) is 9.98. The van der Waals surface area contributed by atoms with E-state index in [2.05, 4.69) is 12.1 Å². The lowest BCUT2D eigenvalue weighted by molar-refractivity contribution is -0.129. The van der Waals surface area contributed by atoms with Gasteiger partial charge < -0.3 is 10.2 Å². The van der Waals surface area contributed by atoms with Crippen LogP contribution in [0, 0.1) is 0 Å². The third kappa shape index (κ3) is 2.69. The number of aliphatic imine (C=N–C) groups is 1. The highest BCUT2D eigenvalue weighted by atomic mass is 16.3. The minimum Gasteiger partial charge on any atom is -0.472 e. The van der Waals surface area contributed by atoms with Gasteiger partial charge in [0.15, 0.2) is 11.5 Å². The van der Waals surface area contributed by atoms with E-state index in [0.717, 1.165) is 35.1 Å². The van der Waals surface area contributed by atoms with Crippen molar-refractivity contribution in [3.05, 3.63) is 83.3 Å². The smallest absolute Gasteiger partial charge is 0.266 e. The maximum Gasteiger partial charge on any atom is 0.266 e. The zero-order valence-electron chi connectivity index (χ0n) is 16.4. The molecule has 1 unspecified atom stereocenters. The van der Waals surface area contributed by atoms with Gasteiger partial charge in [0.25, 0.3) is 5.91 Å². The summed E-state index contributed by atoms with van der Waals surface area (Å²) in [6.45, 7) is 0. The average Bonchev–Trinajstić information content (AvgIpc) is 3.38. The van der Waals surface area contributed by atoms with Crippen molar-refractivity contribution in [1.29, 1.82) is 0 Å². The Balaban J connectivity index is 1.72. The fraction of sp³-hybridized carbons (Fsp3) is 0.250. The van der Waals surface area contributed by atoms with Crippen LogP contribution < -0.4 is 5.73 Å². The van der Waals surface area contributed by atoms with Crippen LogP contribution in [-0.2, 0) is 23.2 Å². The number of hydrogen-bond donors (Lipinski definition) is 1. The van der Waals surface area contributed by atoms with Crippen molar-refractivity contribution in [2.24, 2.45) is 10.7 Å². The van der Waals surface area contributed by atoms with Crippen LogP contribution in [0.3, 0.4) is 0 Å². The third-order valence-electron chi connectivity index (χ3n) is 6.14. The van der Waals surface area contributed by atoms with E-state index >= 15 is 0 Å². The second-order valence-electron chi connectivity index (χ2n) is 7.83. The van der Waals surface area contributed by atoms with E-state index in [0.29, 0.717) is 0 Å². The molecule has 1 atom stereocenters. The van der Waals surface area contributed by atoms with Crippen molar-refractivity contribution < 1.29 is 9.21 Å². The van der Waals surface area contributed by atoms with E-state index in [1.165, 1.54) is 28.9 Å². The van der Waals surface area contributed by atoms with Gasteiger partial charge in [0, 0.05) is 12.6 Å². The molecule has 2 aromatic carbocycles. The van der Waals surface area contributed by atoms with Crippen molar-refractivity contribution in [1.82, 2.24) is 4.90 Å². The van der Waals surface area contributed by atoms with Crippen molar-refractivity contribution in [3.8, 4) is 11.1 Å². The zero-order chi connectivity index (χ0) is 20.0. The van der Waals surface area contributed by atoms with Gasteiger partial charge in [-0.05, 0) is 65.6 Å². The van der Waals surface area contributed by atoms with E-state index in [4.69, 9.17) is 15.1 Å². The first kappa shape index (κ1) is 17.7. The quantitative estimate of drug-likeness (QED) is 0.744. The minimum absolute atomic E-state index is 0.130. The highest BCUT2D eigenvalue weighted by Crippen LogP contribution is 2.41. The Morgan fingerprint density at radius 1 is 1.00 bits per heavy atom. The number of carbonyl (C=O) groups excluding carboxylic acids is 1. The van der Waals surface area contributed by atoms with E-state index in [1.807, 2.05) is 36.4 Å². The standard InChI is InChI=1S/C24H23N3O2/c1-27-22(28)24(26-23(27)25,21-10-9-16-5-2-3-6-17(16)13-21)20-8-4-7-18(14-20)19-11-12-29-15-19/h4,7-15H,2-3,5-6H2,1H3,(H2,25,26). The number of likely N-dealkylation sites (N-methyl/N-ethyl adjacent to an activating group) is 1. The van der Waals surface area contributed by atoms with Crippen LogP contribution in [0.15, 0.2) is 70.5 Å².